The molecule has 0 aromatic heterocycles. The molecule has 0 amide bonds. The Morgan fingerprint density at radius 3 is 2.20 bits per heavy atom. The van der Waals surface area contributed by atoms with Crippen LogP contribution in [0.3, 0.4) is 0 Å². The van der Waals surface area contributed by atoms with E-state index in [-0.39, 0.29) is 30.9 Å². The molecule has 0 aromatic carbocycles. The second kappa shape index (κ2) is 12.0. The number of allylic oxidation sites excluding steroid dienone is 1. The van der Waals surface area contributed by atoms with E-state index in [1.165, 1.54) is 0 Å². The zero-order valence-corrected chi connectivity index (χ0v) is 7.59. The second-order valence-electron chi connectivity index (χ2n) is 1.86. The quantitative estimate of drug-likeness (QED) is 0.647. The summed E-state index contributed by atoms with van der Waals surface area (Å²) in [5.74, 6) is 0. The molecule has 4 heteroatoms. The fourth-order valence-electron chi connectivity index (χ4n) is 0.450. The minimum absolute atomic E-state index is 0. The molecule has 0 rings (SSSR count). The van der Waals surface area contributed by atoms with Gasteiger partial charge in [0, 0.05) is 12.6 Å². The molecule has 1 atom stereocenters. The Labute approximate surface area is 74.9 Å². The Morgan fingerprint density at radius 1 is 1.40 bits per heavy atom. The van der Waals surface area contributed by atoms with Gasteiger partial charge in [-0.2, -0.15) is 0 Å². The maximum Gasteiger partial charge on any atom is 0.0165 e. The lowest BCUT2D eigenvalue weighted by molar-refractivity contribution is 0.630. The van der Waals surface area contributed by atoms with Crippen molar-refractivity contribution in [3.8, 4) is 0 Å². The molecule has 0 aromatic rings. The van der Waals surface area contributed by atoms with Crippen LogP contribution in [0.5, 0.6) is 0 Å². The fourth-order valence-corrected chi connectivity index (χ4v) is 0.450. The van der Waals surface area contributed by atoms with Gasteiger partial charge in [-0.15, -0.1) is 31.4 Å². The Morgan fingerprint density at radius 2 is 1.90 bits per heavy atom. The van der Waals surface area contributed by atoms with Crippen LogP contribution < -0.4 is 11.5 Å². The highest BCUT2D eigenvalue weighted by Crippen LogP contribution is 1.91. The van der Waals surface area contributed by atoms with Crippen LogP contribution in [0, 0.1) is 0 Å². The van der Waals surface area contributed by atoms with Crippen LogP contribution in [0.4, 0.5) is 0 Å². The summed E-state index contributed by atoms with van der Waals surface area (Å²) in [5.41, 5.74) is 10.7. The van der Waals surface area contributed by atoms with Gasteiger partial charge in [-0.25, -0.2) is 0 Å². The van der Waals surface area contributed by atoms with Crippen molar-refractivity contribution in [1.29, 1.82) is 0 Å². The minimum Gasteiger partial charge on any atom is -0.329 e. The molecule has 64 valence electrons. The summed E-state index contributed by atoms with van der Waals surface area (Å²) < 4.78 is 0. The van der Waals surface area contributed by atoms with Crippen LogP contribution in [0.15, 0.2) is 12.7 Å². The predicted octanol–water partition coefficient (Wildman–Crippen LogP) is 1.08. The van der Waals surface area contributed by atoms with Crippen LogP contribution in [0.1, 0.15) is 12.8 Å². The normalized spacial score (nSPS) is 10.6. The average molecular weight is 187 g/mol. The third-order valence-corrected chi connectivity index (χ3v) is 1.04. The van der Waals surface area contributed by atoms with Gasteiger partial charge < -0.3 is 11.5 Å². The summed E-state index contributed by atoms with van der Waals surface area (Å²) in [7, 11) is 0. The molecule has 2 nitrogen and oxygen atoms in total. The number of nitrogens with two attached hydrogens (primary N) is 2. The molecule has 0 aliphatic carbocycles. The van der Waals surface area contributed by atoms with Crippen molar-refractivity contribution in [2.45, 2.75) is 18.9 Å². The van der Waals surface area contributed by atoms with Gasteiger partial charge >= 0.3 is 0 Å². The van der Waals surface area contributed by atoms with Crippen molar-refractivity contribution in [3.63, 3.8) is 0 Å². The number of halogens is 2. The summed E-state index contributed by atoms with van der Waals surface area (Å²) in [6.45, 7) is 4.15. The monoisotopic (exact) mass is 186 g/mol. The highest BCUT2D eigenvalue weighted by Gasteiger charge is 1.94. The lowest BCUT2D eigenvalue weighted by atomic mass is 10.2. The summed E-state index contributed by atoms with van der Waals surface area (Å²) in [6.07, 6.45) is 3.79. The van der Waals surface area contributed by atoms with E-state index in [0.717, 1.165) is 12.8 Å². The molecule has 0 spiro atoms. The van der Waals surface area contributed by atoms with Gasteiger partial charge in [-0.3, -0.25) is 0 Å². The van der Waals surface area contributed by atoms with Gasteiger partial charge in [-0.05, 0) is 12.8 Å². The third kappa shape index (κ3) is 11.1. The van der Waals surface area contributed by atoms with E-state index in [2.05, 4.69) is 6.58 Å². The first kappa shape index (κ1) is 16.7. The summed E-state index contributed by atoms with van der Waals surface area (Å²) in [4.78, 5) is 0. The van der Waals surface area contributed by atoms with Crippen LogP contribution in [-0.4, -0.2) is 12.6 Å². The topological polar surface area (TPSA) is 52.0 Å². The van der Waals surface area contributed by atoms with Crippen LogP contribution >= 0.6 is 24.8 Å². The van der Waals surface area contributed by atoms with Gasteiger partial charge in [0.05, 0.1) is 0 Å². The molecule has 1 unspecified atom stereocenters. The van der Waals surface area contributed by atoms with Crippen molar-refractivity contribution in [2.75, 3.05) is 6.54 Å². The van der Waals surface area contributed by atoms with Crippen LogP contribution in [-0.2, 0) is 0 Å². The second-order valence-corrected chi connectivity index (χ2v) is 1.86. The molecule has 0 aliphatic rings. The van der Waals surface area contributed by atoms with Gasteiger partial charge in [0.1, 0.15) is 0 Å². The van der Waals surface area contributed by atoms with Gasteiger partial charge in [0.2, 0.25) is 0 Å². The summed E-state index contributed by atoms with van der Waals surface area (Å²) >= 11 is 0. The largest absolute Gasteiger partial charge is 0.329 e. The van der Waals surface area contributed by atoms with Gasteiger partial charge in [0.15, 0.2) is 0 Å². The van der Waals surface area contributed by atoms with E-state index in [1.807, 2.05) is 6.08 Å². The molecule has 0 fully saturated rings. The Kier molecular flexibility index (Phi) is 20.0. The predicted molar refractivity (Wildman–Crippen MR) is 51.0 cm³/mol. The Bertz CT molecular complexity index is 68.8. The van der Waals surface area contributed by atoms with Crippen molar-refractivity contribution in [3.05, 3.63) is 12.7 Å². The molecule has 10 heavy (non-hydrogen) atoms. The van der Waals surface area contributed by atoms with E-state index >= 15 is 0 Å². The summed E-state index contributed by atoms with van der Waals surface area (Å²) in [5, 5.41) is 0. The van der Waals surface area contributed by atoms with Crippen LogP contribution in [0.2, 0.25) is 0 Å². The molecular weight excluding hydrogens is 171 g/mol. The molecule has 0 saturated carbocycles. The molecule has 0 saturated heterocycles. The minimum atomic E-state index is 0. The van der Waals surface area contributed by atoms with E-state index < -0.39 is 0 Å². The molecule has 0 bridgehead atoms. The molecule has 4 N–H and O–H groups in total. The smallest absolute Gasteiger partial charge is 0.0165 e. The lowest BCUT2D eigenvalue weighted by Gasteiger charge is -2.03. The Hall–Kier alpha value is 0.240. The molecular formula is C6H16Cl2N2. The molecule has 0 radical (unpaired) electrons. The van der Waals surface area contributed by atoms with E-state index in [9.17, 15) is 0 Å². The van der Waals surface area contributed by atoms with Crippen molar-refractivity contribution < 1.29 is 0 Å². The Balaban J connectivity index is -0.000000245. The maximum absolute atomic E-state index is 5.49. The highest BCUT2D eigenvalue weighted by molar-refractivity contribution is 5.85. The third-order valence-electron chi connectivity index (χ3n) is 1.04. The zero-order valence-electron chi connectivity index (χ0n) is 5.95. The SMILES string of the molecule is C=CCCC(N)CN.Cl.Cl. The van der Waals surface area contributed by atoms with Crippen molar-refractivity contribution >= 4 is 24.8 Å². The number of hydrogen-bond acceptors (Lipinski definition) is 2. The number of hydrogen-bond donors (Lipinski definition) is 2. The zero-order chi connectivity index (χ0) is 6.41. The van der Waals surface area contributed by atoms with Gasteiger partial charge in [0.25, 0.3) is 0 Å². The fraction of sp³-hybridized carbons (Fsp3) is 0.667. The summed E-state index contributed by atoms with van der Waals surface area (Å²) in [6, 6.07) is 0.160. The molecule has 0 heterocycles. The number of rotatable bonds is 4. The van der Waals surface area contributed by atoms with Crippen LogP contribution in [0.25, 0.3) is 0 Å². The standard InChI is InChI=1S/C6H14N2.2ClH/c1-2-3-4-6(8)5-7;;/h2,6H,1,3-5,7-8H2;2*1H. The van der Waals surface area contributed by atoms with E-state index in [4.69, 9.17) is 11.5 Å². The van der Waals surface area contributed by atoms with E-state index in [1.54, 1.807) is 0 Å². The lowest BCUT2D eigenvalue weighted by Crippen LogP contribution is -2.29. The van der Waals surface area contributed by atoms with Crippen molar-refractivity contribution in [2.24, 2.45) is 11.5 Å². The van der Waals surface area contributed by atoms with E-state index in [0.29, 0.717) is 6.54 Å². The molecule has 0 aliphatic heterocycles. The van der Waals surface area contributed by atoms with Crippen molar-refractivity contribution in [1.82, 2.24) is 0 Å². The first-order valence-corrected chi connectivity index (χ1v) is 2.87. The maximum atomic E-state index is 5.49. The first-order chi connectivity index (χ1) is 3.81. The average Bonchev–Trinajstić information content (AvgIpc) is 1.83. The van der Waals surface area contributed by atoms with Gasteiger partial charge in [-0.1, -0.05) is 6.08 Å². The highest BCUT2D eigenvalue weighted by atomic mass is 35.5. The first-order valence-electron chi connectivity index (χ1n) is 2.87.